The van der Waals surface area contributed by atoms with Crippen molar-refractivity contribution < 1.29 is 17.1 Å². The van der Waals surface area contributed by atoms with Crippen LogP contribution < -0.4 is 0 Å². The number of hydrogen-bond donors (Lipinski definition) is 0. The van der Waals surface area contributed by atoms with E-state index in [0.717, 1.165) is 0 Å². The average molecular weight is 371 g/mol. The summed E-state index contributed by atoms with van der Waals surface area (Å²) in [6.45, 7) is 0. The summed E-state index contributed by atoms with van der Waals surface area (Å²) >= 11 is -1.58. The molecule has 0 saturated heterocycles. The van der Waals surface area contributed by atoms with Gasteiger partial charge in [-0.05, 0) is 0 Å². The van der Waals surface area contributed by atoms with Crippen LogP contribution in [0.2, 0.25) is 0 Å². The van der Waals surface area contributed by atoms with E-state index >= 15 is 0 Å². The molecule has 0 fully saturated rings. The van der Waals surface area contributed by atoms with Gasteiger partial charge in [-0.15, -0.1) is 0 Å². The molecular weight excluding hydrogens is 367 g/mol. The van der Waals surface area contributed by atoms with Crippen molar-refractivity contribution >= 4 is 24.8 Å². The SMILES string of the molecule is C.[Cu].[N-]=[N+]=[N][Pb][N]=[N+]=[N-]. The standard InChI is InChI=1S/CH4.Cu.2N3.Pb/c;;2*1-3-2;/h1H4;;;;/q;;2*-1;+2. The van der Waals surface area contributed by atoms with Gasteiger partial charge in [-0.2, -0.15) is 0 Å². The van der Waals surface area contributed by atoms with E-state index in [1.165, 1.54) is 0 Å². The summed E-state index contributed by atoms with van der Waals surface area (Å²) in [5.74, 6) is 0. The Morgan fingerprint density at radius 1 is 1.11 bits per heavy atom. The average Bonchev–Trinajstić information content (AvgIpc) is 1.69. The predicted molar refractivity (Wildman–Crippen MR) is 30.8 cm³/mol. The zero-order valence-corrected chi connectivity index (χ0v) is 8.31. The molecule has 0 unspecified atom stereocenters. The summed E-state index contributed by atoms with van der Waals surface area (Å²) in [6.07, 6.45) is 0. The molecule has 0 spiro atoms. The zero-order valence-electron chi connectivity index (χ0n) is 3.48. The topological polar surface area (TPSA) is 97.5 Å². The molecule has 6 nitrogen and oxygen atoms in total. The fourth-order valence-electron chi connectivity index (χ4n) is 0.0600. The Kier molecular flexibility index (Phi) is 27.9. The van der Waals surface area contributed by atoms with E-state index in [1.54, 1.807) is 0 Å². The zero-order chi connectivity index (χ0) is 5.54. The van der Waals surface area contributed by atoms with Crippen molar-refractivity contribution in [2.24, 2.45) is 5.85 Å². The number of nitrogens with zero attached hydrogens (tertiary/aromatic N) is 6. The minimum atomic E-state index is -1.58. The molecule has 0 aromatic heterocycles. The van der Waals surface area contributed by atoms with Gasteiger partial charge in [-0.25, -0.2) is 0 Å². The molecule has 0 N–H and O–H groups in total. The summed E-state index contributed by atoms with van der Waals surface area (Å²) in [5.41, 5.74) is 15.2. The van der Waals surface area contributed by atoms with Crippen molar-refractivity contribution in [2.75, 3.05) is 0 Å². The molecule has 0 aliphatic heterocycles. The van der Waals surface area contributed by atoms with Gasteiger partial charge in [-0.3, -0.25) is 0 Å². The summed E-state index contributed by atoms with van der Waals surface area (Å²) < 4.78 is 6.23. The van der Waals surface area contributed by atoms with Gasteiger partial charge in [0.25, 0.3) is 0 Å². The third kappa shape index (κ3) is 18.0. The molecule has 3 radical (unpaired) electrons. The van der Waals surface area contributed by atoms with Gasteiger partial charge in [0.05, 0.1) is 0 Å². The molecule has 0 bridgehead atoms. The summed E-state index contributed by atoms with van der Waals surface area (Å²) in [4.78, 5) is 4.84. The number of hydrogen-bond acceptors (Lipinski definition) is 2. The third-order valence-electron chi connectivity index (χ3n) is 0.179. The number of azide groups is 1. The van der Waals surface area contributed by atoms with Gasteiger partial charge in [0.2, 0.25) is 0 Å². The van der Waals surface area contributed by atoms with Crippen molar-refractivity contribution in [3.05, 3.63) is 20.9 Å². The van der Waals surface area contributed by atoms with Crippen LogP contribution in [0, 0.1) is 0 Å². The molecule has 0 atom stereocenters. The second-order valence-corrected chi connectivity index (χ2v) is 2.81. The summed E-state index contributed by atoms with van der Waals surface area (Å²) in [6, 6.07) is 0. The van der Waals surface area contributed by atoms with E-state index < -0.39 is 24.8 Å². The van der Waals surface area contributed by atoms with Crippen molar-refractivity contribution in [1.82, 2.24) is 0 Å². The molecular formula is CH4CuN6Pb. The Morgan fingerprint density at radius 2 is 1.44 bits per heavy atom. The molecule has 8 heteroatoms. The van der Waals surface area contributed by atoms with Gasteiger partial charge in [0, 0.05) is 17.1 Å². The second-order valence-electron chi connectivity index (χ2n) is 0.479. The molecule has 0 aliphatic rings. The van der Waals surface area contributed by atoms with Crippen LogP contribution in [-0.2, 0) is 17.1 Å². The first-order chi connectivity index (χ1) is 3.41. The molecule has 0 amide bonds. The van der Waals surface area contributed by atoms with Crippen LogP contribution in [0.3, 0.4) is 0 Å². The Morgan fingerprint density at radius 3 is 1.67 bits per heavy atom. The van der Waals surface area contributed by atoms with Gasteiger partial charge in [0.1, 0.15) is 0 Å². The van der Waals surface area contributed by atoms with Crippen LogP contribution in [0.5, 0.6) is 0 Å². The van der Waals surface area contributed by atoms with Crippen molar-refractivity contribution in [3.63, 3.8) is 0 Å². The first-order valence-electron chi connectivity index (χ1n) is 1.25. The van der Waals surface area contributed by atoms with Gasteiger partial charge in [-0.1, -0.05) is 7.43 Å². The fourth-order valence-corrected chi connectivity index (χ4v) is 0.526. The molecule has 9 heavy (non-hydrogen) atoms. The summed E-state index contributed by atoms with van der Waals surface area (Å²) in [5, 5.41) is 0. The Labute approximate surface area is 75.8 Å². The van der Waals surface area contributed by atoms with Gasteiger partial charge in [0.15, 0.2) is 0 Å². The molecule has 0 aromatic rings. The van der Waals surface area contributed by atoms with Crippen molar-refractivity contribution in [3.8, 4) is 0 Å². The maximum atomic E-state index is 7.62. The second kappa shape index (κ2) is 15.7. The van der Waals surface area contributed by atoms with Crippen LogP contribution in [0.15, 0.2) is 5.85 Å². The first kappa shape index (κ1) is 16.0. The third-order valence-corrected chi connectivity index (χ3v) is 1.57. The maximum absolute atomic E-state index is 7.62. The Hall–Kier alpha value is 0.0616. The molecule has 0 heterocycles. The monoisotopic (exact) mass is 371 g/mol. The Bertz CT molecular complexity index is 116. The molecule has 53 valence electrons. The first-order valence-corrected chi connectivity index (χ1v) is 4.72. The van der Waals surface area contributed by atoms with E-state index in [1.807, 2.05) is 0 Å². The van der Waals surface area contributed by atoms with Crippen LogP contribution in [0.1, 0.15) is 7.43 Å². The molecule has 0 aromatic carbocycles. The van der Waals surface area contributed by atoms with Gasteiger partial charge < -0.3 is 0 Å². The normalized spacial score (nSPS) is 4.44. The fraction of sp³-hybridized carbons (Fsp3) is 1.00. The van der Waals surface area contributed by atoms with Crippen LogP contribution in [0.25, 0.3) is 20.9 Å². The van der Waals surface area contributed by atoms with E-state index in [-0.39, 0.29) is 24.5 Å². The van der Waals surface area contributed by atoms with Crippen LogP contribution >= 0.6 is 0 Å². The number of rotatable bonds is 2. The van der Waals surface area contributed by atoms with Crippen LogP contribution in [-0.4, -0.2) is 24.8 Å². The van der Waals surface area contributed by atoms with E-state index in [4.69, 9.17) is 11.1 Å². The van der Waals surface area contributed by atoms with Crippen molar-refractivity contribution in [2.45, 2.75) is 7.43 Å². The van der Waals surface area contributed by atoms with E-state index in [0.29, 0.717) is 0 Å². The molecule has 0 rings (SSSR count). The predicted octanol–water partition coefficient (Wildman–Crippen LogP) is 1.77. The minimum absolute atomic E-state index is 0. The van der Waals surface area contributed by atoms with E-state index in [2.05, 4.69) is 15.7 Å². The van der Waals surface area contributed by atoms with E-state index in [9.17, 15) is 0 Å². The van der Waals surface area contributed by atoms with Gasteiger partial charge >= 0.3 is 51.6 Å². The molecule has 0 aliphatic carbocycles. The van der Waals surface area contributed by atoms with Crippen molar-refractivity contribution in [1.29, 1.82) is 0 Å². The Balaban J connectivity index is -0.000000180. The summed E-state index contributed by atoms with van der Waals surface area (Å²) in [7, 11) is 0. The quantitative estimate of drug-likeness (QED) is 0.306. The van der Waals surface area contributed by atoms with Crippen LogP contribution in [0.4, 0.5) is 0 Å². The molecule has 0 saturated carbocycles.